The minimum atomic E-state index is -0.225. The zero-order valence-electron chi connectivity index (χ0n) is 18.1. The van der Waals surface area contributed by atoms with E-state index in [0.29, 0.717) is 36.3 Å². The van der Waals surface area contributed by atoms with Crippen LogP contribution in [-0.4, -0.2) is 63.1 Å². The van der Waals surface area contributed by atoms with Gasteiger partial charge in [-0.2, -0.15) is 0 Å². The summed E-state index contributed by atoms with van der Waals surface area (Å²) >= 11 is 7.46. The summed E-state index contributed by atoms with van der Waals surface area (Å²) in [6.45, 7) is 5.39. The Morgan fingerprint density at radius 2 is 1.81 bits per heavy atom. The number of methoxy groups -OCH3 is 2. The number of nitrogens with one attached hydrogen (secondary N) is 1. The molecular weight excluding hydrogens is 436 g/mol. The predicted octanol–water partition coefficient (Wildman–Crippen LogP) is 4.03. The molecule has 1 heterocycles. The third-order valence-corrected chi connectivity index (χ3v) is 6.61. The average Bonchev–Trinajstić information content (AvgIpc) is 2.81. The van der Waals surface area contributed by atoms with Crippen LogP contribution in [0.4, 0.5) is 0 Å². The van der Waals surface area contributed by atoms with Crippen LogP contribution in [0.5, 0.6) is 11.5 Å². The van der Waals surface area contributed by atoms with E-state index in [4.69, 9.17) is 25.8 Å². The molecule has 0 radical (unpaired) electrons. The van der Waals surface area contributed by atoms with Crippen molar-refractivity contribution in [3.05, 3.63) is 53.1 Å². The van der Waals surface area contributed by atoms with Gasteiger partial charge in [-0.25, -0.2) is 0 Å². The number of morpholine rings is 1. The molecule has 2 aromatic carbocycles. The summed E-state index contributed by atoms with van der Waals surface area (Å²) in [5, 5.41) is 3.60. The third kappa shape index (κ3) is 6.53. The lowest BCUT2D eigenvalue weighted by Crippen LogP contribution is -2.44. The number of hydrogen-bond acceptors (Lipinski definition) is 6. The molecule has 2 unspecified atom stereocenters. The highest BCUT2D eigenvalue weighted by Crippen LogP contribution is 2.32. The normalized spacial score (nSPS) is 16.4. The average molecular weight is 465 g/mol. The van der Waals surface area contributed by atoms with Crippen molar-refractivity contribution in [3.63, 3.8) is 0 Å². The van der Waals surface area contributed by atoms with Crippen molar-refractivity contribution >= 4 is 29.3 Å². The van der Waals surface area contributed by atoms with Crippen LogP contribution in [0.15, 0.2) is 47.4 Å². The Kier molecular flexibility index (Phi) is 8.90. The monoisotopic (exact) mass is 464 g/mol. The lowest BCUT2D eigenvalue weighted by molar-refractivity contribution is -0.120. The lowest BCUT2D eigenvalue weighted by atomic mass is 10.0. The second-order valence-electron chi connectivity index (χ2n) is 7.24. The first kappa shape index (κ1) is 23.7. The molecule has 0 saturated carbocycles. The number of hydrogen-bond donors (Lipinski definition) is 1. The number of halogens is 1. The summed E-state index contributed by atoms with van der Waals surface area (Å²) in [6.07, 6.45) is 0. The van der Waals surface area contributed by atoms with Crippen LogP contribution in [0.1, 0.15) is 18.5 Å². The molecule has 168 valence electrons. The number of carbonyl (C=O) groups is 1. The van der Waals surface area contributed by atoms with Crippen LogP contribution < -0.4 is 14.8 Å². The maximum absolute atomic E-state index is 12.8. The second kappa shape index (κ2) is 11.6. The van der Waals surface area contributed by atoms with Crippen LogP contribution in [0.25, 0.3) is 0 Å². The van der Waals surface area contributed by atoms with Gasteiger partial charge in [0.2, 0.25) is 5.91 Å². The summed E-state index contributed by atoms with van der Waals surface area (Å²) in [6, 6.07) is 13.5. The van der Waals surface area contributed by atoms with Crippen molar-refractivity contribution in [1.82, 2.24) is 10.2 Å². The molecule has 1 fully saturated rings. The molecule has 6 nitrogen and oxygen atoms in total. The molecule has 0 spiro atoms. The molecule has 0 bridgehead atoms. The highest BCUT2D eigenvalue weighted by Gasteiger charge is 2.25. The van der Waals surface area contributed by atoms with E-state index >= 15 is 0 Å². The number of rotatable bonds is 9. The Hall–Kier alpha value is -1.93. The van der Waals surface area contributed by atoms with Gasteiger partial charge >= 0.3 is 0 Å². The van der Waals surface area contributed by atoms with E-state index in [-0.39, 0.29) is 17.2 Å². The van der Waals surface area contributed by atoms with Crippen LogP contribution in [0, 0.1) is 0 Å². The summed E-state index contributed by atoms with van der Waals surface area (Å²) < 4.78 is 16.4. The Morgan fingerprint density at radius 3 is 2.45 bits per heavy atom. The first-order valence-corrected chi connectivity index (χ1v) is 11.5. The smallest absolute Gasteiger partial charge is 0.233 e. The topological polar surface area (TPSA) is 60.0 Å². The fourth-order valence-corrected chi connectivity index (χ4v) is 4.54. The van der Waals surface area contributed by atoms with Gasteiger partial charge in [0, 0.05) is 29.6 Å². The molecule has 31 heavy (non-hydrogen) atoms. The SMILES string of the molecule is COc1ccc(C(CNC(=O)C(C)Sc2ccc(Cl)cc2)N2CCOCC2)cc1OC. The van der Waals surface area contributed by atoms with Gasteiger partial charge in [0.1, 0.15) is 0 Å². The van der Waals surface area contributed by atoms with Crippen molar-refractivity contribution in [3.8, 4) is 11.5 Å². The van der Waals surface area contributed by atoms with Gasteiger partial charge in [-0.15, -0.1) is 11.8 Å². The summed E-state index contributed by atoms with van der Waals surface area (Å²) in [5.41, 5.74) is 1.07. The largest absolute Gasteiger partial charge is 0.493 e. The van der Waals surface area contributed by atoms with Gasteiger partial charge in [0.25, 0.3) is 0 Å². The second-order valence-corrected chi connectivity index (χ2v) is 9.09. The van der Waals surface area contributed by atoms with Gasteiger partial charge in [-0.1, -0.05) is 17.7 Å². The first-order chi connectivity index (χ1) is 15.0. The number of amides is 1. The highest BCUT2D eigenvalue weighted by atomic mass is 35.5. The van der Waals surface area contributed by atoms with Gasteiger partial charge < -0.3 is 19.5 Å². The fraction of sp³-hybridized carbons (Fsp3) is 0.435. The van der Waals surface area contributed by atoms with Crippen LogP contribution in [0.2, 0.25) is 5.02 Å². The number of nitrogens with zero attached hydrogens (tertiary/aromatic N) is 1. The van der Waals surface area contributed by atoms with E-state index in [1.54, 1.807) is 14.2 Å². The lowest BCUT2D eigenvalue weighted by Gasteiger charge is -2.35. The molecule has 1 saturated heterocycles. The molecule has 0 aromatic heterocycles. The standard InChI is InChI=1S/C23H29ClN2O4S/c1-16(31-19-7-5-18(24)6-8-19)23(27)25-15-20(26-10-12-30-13-11-26)17-4-9-21(28-2)22(14-17)29-3/h4-9,14,16,20H,10-13,15H2,1-3H3,(H,25,27). The van der Waals surface area contributed by atoms with Gasteiger partial charge in [0.05, 0.1) is 38.7 Å². The van der Waals surface area contributed by atoms with E-state index < -0.39 is 0 Å². The molecule has 3 rings (SSSR count). The zero-order chi connectivity index (χ0) is 22.2. The maximum atomic E-state index is 12.8. The Labute approximate surface area is 193 Å². The van der Waals surface area contributed by atoms with E-state index in [0.717, 1.165) is 23.5 Å². The molecule has 1 aliphatic rings. The molecule has 1 N–H and O–H groups in total. The Morgan fingerprint density at radius 1 is 1.13 bits per heavy atom. The highest BCUT2D eigenvalue weighted by molar-refractivity contribution is 8.00. The van der Waals surface area contributed by atoms with E-state index in [2.05, 4.69) is 10.2 Å². The molecule has 1 amide bonds. The quantitative estimate of drug-likeness (QED) is 0.565. The molecular formula is C23H29ClN2O4S. The van der Waals surface area contributed by atoms with Gasteiger partial charge in [-0.05, 0) is 48.9 Å². The summed E-state index contributed by atoms with van der Waals surface area (Å²) in [4.78, 5) is 16.2. The van der Waals surface area contributed by atoms with Gasteiger partial charge in [-0.3, -0.25) is 9.69 Å². The molecule has 2 aromatic rings. The fourth-order valence-electron chi connectivity index (χ4n) is 3.52. The van der Waals surface area contributed by atoms with E-state index in [1.165, 1.54) is 11.8 Å². The van der Waals surface area contributed by atoms with Crippen molar-refractivity contribution in [2.45, 2.75) is 23.1 Å². The minimum absolute atomic E-state index is 0.00122. The third-order valence-electron chi connectivity index (χ3n) is 5.24. The van der Waals surface area contributed by atoms with Crippen molar-refractivity contribution < 1.29 is 19.0 Å². The Balaban J connectivity index is 1.69. The first-order valence-electron chi connectivity index (χ1n) is 10.3. The Bertz CT molecular complexity index is 859. The van der Waals surface area contributed by atoms with Crippen LogP contribution in [0.3, 0.4) is 0 Å². The molecule has 8 heteroatoms. The van der Waals surface area contributed by atoms with Crippen molar-refractivity contribution in [2.75, 3.05) is 47.1 Å². The van der Waals surface area contributed by atoms with Gasteiger partial charge in [0.15, 0.2) is 11.5 Å². The predicted molar refractivity (Wildman–Crippen MR) is 124 cm³/mol. The molecule has 2 atom stereocenters. The van der Waals surface area contributed by atoms with Crippen LogP contribution >= 0.6 is 23.4 Å². The summed E-state index contributed by atoms with van der Waals surface area (Å²) in [5.74, 6) is 1.36. The van der Waals surface area contributed by atoms with Crippen molar-refractivity contribution in [1.29, 1.82) is 0 Å². The number of thioether (sulfide) groups is 1. The summed E-state index contributed by atoms with van der Waals surface area (Å²) in [7, 11) is 3.25. The van der Waals surface area contributed by atoms with E-state index in [9.17, 15) is 4.79 Å². The maximum Gasteiger partial charge on any atom is 0.233 e. The number of benzene rings is 2. The molecule has 0 aliphatic carbocycles. The minimum Gasteiger partial charge on any atom is -0.493 e. The van der Waals surface area contributed by atoms with E-state index in [1.807, 2.05) is 49.4 Å². The van der Waals surface area contributed by atoms with Crippen molar-refractivity contribution in [2.24, 2.45) is 0 Å². The number of ether oxygens (including phenoxy) is 3. The van der Waals surface area contributed by atoms with Crippen LogP contribution in [-0.2, 0) is 9.53 Å². The number of carbonyl (C=O) groups excluding carboxylic acids is 1. The molecule has 1 aliphatic heterocycles. The zero-order valence-corrected chi connectivity index (χ0v) is 19.7.